The summed E-state index contributed by atoms with van der Waals surface area (Å²) in [4.78, 5) is 11.1. The average Bonchev–Trinajstić information content (AvgIpc) is 2.25. The van der Waals surface area contributed by atoms with Crippen LogP contribution in [0.25, 0.3) is 0 Å². The van der Waals surface area contributed by atoms with Crippen molar-refractivity contribution in [1.82, 2.24) is 0 Å². The van der Waals surface area contributed by atoms with E-state index >= 15 is 0 Å². The Bertz CT molecular complexity index is 441. The van der Waals surface area contributed by atoms with Crippen LogP contribution in [0.15, 0.2) is 24.3 Å². The zero-order valence-electron chi connectivity index (χ0n) is 10.1. The van der Waals surface area contributed by atoms with Crippen molar-refractivity contribution in [1.29, 1.82) is 0 Å². The van der Waals surface area contributed by atoms with Gasteiger partial charge in [-0.05, 0) is 26.0 Å². The van der Waals surface area contributed by atoms with E-state index in [4.69, 9.17) is 5.73 Å². The third kappa shape index (κ3) is 3.38. The number of rotatable bonds is 4. The molecule has 1 aromatic rings. The highest BCUT2D eigenvalue weighted by molar-refractivity contribution is 5.80. The number of benzene rings is 1. The highest BCUT2D eigenvalue weighted by Crippen LogP contribution is 2.34. The van der Waals surface area contributed by atoms with E-state index in [0.29, 0.717) is 0 Å². The van der Waals surface area contributed by atoms with Gasteiger partial charge in [0, 0.05) is 12.2 Å². The van der Waals surface area contributed by atoms with Crippen LogP contribution >= 0.6 is 0 Å². The Morgan fingerprint density at radius 2 is 1.83 bits per heavy atom. The fourth-order valence-electron chi connectivity index (χ4n) is 1.29. The van der Waals surface area contributed by atoms with E-state index < -0.39 is 23.1 Å². The molecule has 1 aromatic carbocycles. The zero-order valence-corrected chi connectivity index (χ0v) is 10.1. The van der Waals surface area contributed by atoms with Gasteiger partial charge in [-0.3, -0.25) is 4.79 Å². The van der Waals surface area contributed by atoms with Crippen LogP contribution in [0.1, 0.15) is 19.4 Å². The van der Waals surface area contributed by atoms with Gasteiger partial charge in [-0.1, -0.05) is 12.1 Å². The molecule has 0 fully saturated rings. The minimum absolute atomic E-state index is 0.0371. The molecular formula is C12H15F3N2O. The fraction of sp³-hybridized carbons (Fsp3) is 0.417. The smallest absolute Gasteiger partial charge is 0.383 e. The third-order valence-electron chi connectivity index (χ3n) is 2.62. The summed E-state index contributed by atoms with van der Waals surface area (Å²) in [6.45, 7) is 3.17. The molecule has 0 bridgehead atoms. The van der Waals surface area contributed by atoms with E-state index in [1.165, 1.54) is 18.2 Å². The van der Waals surface area contributed by atoms with Gasteiger partial charge < -0.3 is 11.1 Å². The van der Waals surface area contributed by atoms with Crippen molar-refractivity contribution in [2.75, 3.05) is 11.9 Å². The molecule has 0 saturated heterocycles. The number of para-hydroxylation sites is 1. The van der Waals surface area contributed by atoms with Gasteiger partial charge >= 0.3 is 6.18 Å². The van der Waals surface area contributed by atoms with Gasteiger partial charge in [0.1, 0.15) is 0 Å². The van der Waals surface area contributed by atoms with E-state index in [0.717, 1.165) is 6.07 Å². The topological polar surface area (TPSA) is 55.1 Å². The molecule has 0 heterocycles. The maximum Gasteiger partial charge on any atom is 0.418 e. The molecule has 1 amide bonds. The lowest BCUT2D eigenvalue weighted by Gasteiger charge is -2.23. The molecule has 0 saturated carbocycles. The number of amides is 1. The molecular weight excluding hydrogens is 245 g/mol. The van der Waals surface area contributed by atoms with Crippen LogP contribution in [-0.4, -0.2) is 12.5 Å². The molecule has 6 heteroatoms. The number of alkyl halides is 3. The highest BCUT2D eigenvalue weighted by Gasteiger charge is 2.34. The first kappa shape index (κ1) is 14.3. The number of hydrogen-bond donors (Lipinski definition) is 2. The van der Waals surface area contributed by atoms with Gasteiger partial charge in [0.05, 0.1) is 11.0 Å². The predicted octanol–water partition coefficient (Wildman–Crippen LogP) is 2.63. The number of halogens is 3. The molecule has 0 aliphatic heterocycles. The maximum absolute atomic E-state index is 12.7. The molecule has 0 aromatic heterocycles. The molecule has 0 aliphatic rings. The first-order valence-corrected chi connectivity index (χ1v) is 5.34. The van der Waals surface area contributed by atoms with E-state index in [2.05, 4.69) is 5.32 Å². The molecule has 0 spiro atoms. The number of nitrogens with one attached hydrogen (secondary N) is 1. The van der Waals surface area contributed by atoms with Gasteiger partial charge in [0.15, 0.2) is 0 Å². The lowest BCUT2D eigenvalue weighted by molar-refractivity contribution is -0.137. The van der Waals surface area contributed by atoms with Gasteiger partial charge in [-0.2, -0.15) is 13.2 Å². The molecule has 0 unspecified atom stereocenters. The Morgan fingerprint density at radius 3 is 2.33 bits per heavy atom. The molecule has 3 nitrogen and oxygen atoms in total. The van der Waals surface area contributed by atoms with Crippen LogP contribution in [0.5, 0.6) is 0 Å². The zero-order chi connectivity index (χ0) is 14.0. The summed E-state index contributed by atoms with van der Waals surface area (Å²) in [5.74, 6) is -0.570. The van der Waals surface area contributed by atoms with Crippen molar-refractivity contribution in [2.45, 2.75) is 20.0 Å². The molecule has 3 N–H and O–H groups in total. The van der Waals surface area contributed by atoms with Crippen molar-refractivity contribution >= 4 is 11.6 Å². The van der Waals surface area contributed by atoms with Crippen LogP contribution in [0.2, 0.25) is 0 Å². The molecule has 18 heavy (non-hydrogen) atoms. The Hall–Kier alpha value is -1.72. The third-order valence-corrected chi connectivity index (χ3v) is 2.62. The second-order valence-electron chi connectivity index (χ2n) is 4.65. The van der Waals surface area contributed by atoms with Crippen LogP contribution in [-0.2, 0) is 11.0 Å². The lowest BCUT2D eigenvalue weighted by atomic mass is 9.92. The average molecular weight is 260 g/mol. The van der Waals surface area contributed by atoms with E-state index in [1.807, 2.05) is 0 Å². The summed E-state index contributed by atoms with van der Waals surface area (Å²) < 4.78 is 38.1. The molecule has 0 atom stereocenters. The van der Waals surface area contributed by atoms with Gasteiger partial charge in [0.25, 0.3) is 0 Å². The summed E-state index contributed by atoms with van der Waals surface area (Å²) in [6.07, 6.45) is -4.43. The Kier molecular flexibility index (Phi) is 3.88. The summed E-state index contributed by atoms with van der Waals surface area (Å²) in [6, 6.07) is 5.11. The number of carbonyl (C=O) groups is 1. The normalized spacial score (nSPS) is 12.3. The van der Waals surface area contributed by atoms with Crippen molar-refractivity contribution < 1.29 is 18.0 Å². The fourth-order valence-corrected chi connectivity index (χ4v) is 1.29. The number of carbonyl (C=O) groups excluding carboxylic acids is 1. The van der Waals surface area contributed by atoms with Crippen LogP contribution in [0, 0.1) is 5.41 Å². The molecule has 1 rings (SSSR count). The van der Waals surface area contributed by atoms with Gasteiger partial charge in [0.2, 0.25) is 5.91 Å². The minimum atomic E-state index is -4.43. The Morgan fingerprint density at radius 1 is 1.28 bits per heavy atom. The number of hydrogen-bond acceptors (Lipinski definition) is 2. The van der Waals surface area contributed by atoms with E-state index in [-0.39, 0.29) is 12.2 Å². The second-order valence-corrected chi connectivity index (χ2v) is 4.65. The Balaban J connectivity index is 2.90. The minimum Gasteiger partial charge on any atom is -0.383 e. The van der Waals surface area contributed by atoms with E-state index in [1.54, 1.807) is 13.8 Å². The van der Waals surface area contributed by atoms with E-state index in [9.17, 15) is 18.0 Å². The SMILES string of the molecule is CC(C)(CNc1ccccc1C(F)(F)F)C(N)=O. The second kappa shape index (κ2) is 4.88. The number of anilines is 1. The van der Waals surface area contributed by atoms with Crippen molar-refractivity contribution in [3.8, 4) is 0 Å². The molecule has 0 aliphatic carbocycles. The van der Waals surface area contributed by atoms with Crippen LogP contribution in [0.4, 0.5) is 18.9 Å². The quantitative estimate of drug-likeness (QED) is 0.874. The first-order chi connectivity index (χ1) is 8.14. The van der Waals surface area contributed by atoms with Crippen molar-refractivity contribution in [3.63, 3.8) is 0 Å². The van der Waals surface area contributed by atoms with Crippen LogP contribution < -0.4 is 11.1 Å². The number of primary amides is 1. The summed E-state index contributed by atoms with van der Waals surface area (Å²) in [5, 5.41) is 2.62. The predicted molar refractivity (Wildman–Crippen MR) is 62.9 cm³/mol. The molecule has 100 valence electrons. The van der Waals surface area contributed by atoms with Crippen molar-refractivity contribution in [2.24, 2.45) is 11.1 Å². The highest BCUT2D eigenvalue weighted by atomic mass is 19.4. The van der Waals surface area contributed by atoms with Crippen molar-refractivity contribution in [3.05, 3.63) is 29.8 Å². The maximum atomic E-state index is 12.7. The van der Waals surface area contributed by atoms with Gasteiger partial charge in [-0.25, -0.2) is 0 Å². The summed E-state index contributed by atoms with van der Waals surface area (Å²) in [5.41, 5.74) is 3.42. The lowest BCUT2D eigenvalue weighted by Crippen LogP contribution is -2.37. The van der Waals surface area contributed by atoms with Gasteiger partial charge in [-0.15, -0.1) is 0 Å². The number of nitrogens with two attached hydrogens (primary N) is 1. The largest absolute Gasteiger partial charge is 0.418 e. The van der Waals surface area contributed by atoms with Crippen LogP contribution in [0.3, 0.4) is 0 Å². The summed E-state index contributed by atoms with van der Waals surface area (Å²) in [7, 11) is 0. The monoisotopic (exact) mass is 260 g/mol. The summed E-state index contributed by atoms with van der Waals surface area (Å²) >= 11 is 0. The first-order valence-electron chi connectivity index (χ1n) is 5.34. The Labute approximate surface area is 103 Å². The standard InChI is InChI=1S/C12H15F3N2O/c1-11(2,10(16)18)7-17-9-6-4-3-5-8(9)12(13,14)15/h3-6,17H,7H2,1-2H3,(H2,16,18). The molecule has 0 radical (unpaired) electrons.